The number of aromatic nitrogens is 7. The van der Waals surface area contributed by atoms with Gasteiger partial charge in [0.2, 0.25) is 0 Å². The molecule has 5 aromatic heterocycles. The van der Waals surface area contributed by atoms with Gasteiger partial charge in [-0.25, -0.2) is 15.0 Å². The highest BCUT2D eigenvalue weighted by Gasteiger charge is 2.25. The van der Waals surface area contributed by atoms with Gasteiger partial charge in [-0.2, -0.15) is 10.5 Å². The van der Waals surface area contributed by atoms with E-state index in [1.165, 1.54) is 27.4 Å². The number of fused-ring (bicyclic) bond motifs is 12. The van der Waals surface area contributed by atoms with Gasteiger partial charge < -0.3 is 18.3 Å². The van der Waals surface area contributed by atoms with Gasteiger partial charge in [-0.1, -0.05) is 140 Å². The summed E-state index contributed by atoms with van der Waals surface area (Å²) in [5.41, 5.74) is 16.6. The molecule has 10 aromatic carbocycles. The molecule has 80 heavy (non-hydrogen) atoms. The predicted octanol–water partition coefficient (Wildman–Crippen LogP) is 16.8. The molecule has 0 amide bonds. The minimum Gasteiger partial charge on any atom is -0.310 e. The Hall–Kier alpha value is -11.1. The SMILES string of the molecule is N#Cc1ccc(-c2nc(-c3ccccc3)nc(-c3ccc(C#N)cc3-n3c4ccccc4c4ccc(-n5c6ccccc6c6ccccc65)cc43)n2)c(-n2c3ccccc3c3ccc(-n4c5c(c6ccccc64)CCC=C5)cc32)c1. The zero-order valence-electron chi connectivity index (χ0n) is 43.0. The van der Waals surface area contributed by atoms with E-state index in [1.54, 1.807) is 0 Å². The van der Waals surface area contributed by atoms with E-state index < -0.39 is 0 Å². The summed E-state index contributed by atoms with van der Waals surface area (Å²) in [7, 11) is 0. The average Bonchev–Trinajstić information content (AvgIpc) is 4.33. The number of hydrogen-bond donors (Lipinski definition) is 0. The molecule has 1 aliphatic carbocycles. The lowest BCUT2D eigenvalue weighted by Crippen LogP contribution is -2.06. The van der Waals surface area contributed by atoms with Gasteiger partial charge in [0.25, 0.3) is 0 Å². The van der Waals surface area contributed by atoms with Crippen molar-refractivity contribution in [3.8, 4) is 69.1 Å². The van der Waals surface area contributed by atoms with Crippen LogP contribution in [0.1, 0.15) is 28.8 Å². The van der Waals surface area contributed by atoms with Gasteiger partial charge in [0.1, 0.15) is 0 Å². The number of nitrogens with zero attached hydrogens (tertiary/aromatic N) is 9. The van der Waals surface area contributed by atoms with Crippen molar-refractivity contribution < 1.29 is 0 Å². The molecule has 0 atom stereocenters. The topological polar surface area (TPSA) is 106 Å². The summed E-state index contributed by atoms with van der Waals surface area (Å²) in [5.74, 6) is 1.33. The minimum atomic E-state index is 0.426. The van der Waals surface area contributed by atoms with Crippen molar-refractivity contribution in [3.05, 3.63) is 253 Å². The maximum absolute atomic E-state index is 10.7. The molecule has 0 fully saturated rings. The number of benzene rings is 10. The number of nitriles is 2. The van der Waals surface area contributed by atoms with Gasteiger partial charge in [-0.05, 0) is 115 Å². The van der Waals surface area contributed by atoms with Crippen molar-refractivity contribution in [2.75, 3.05) is 0 Å². The molecule has 1 aliphatic rings. The van der Waals surface area contributed by atoms with Crippen LogP contribution in [0.4, 0.5) is 0 Å². The molecule has 5 heterocycles. The summed E-state index contributed by atoms with van der Waals surface area (Å²) in [4.78, 5) is 16.2. The first-order valence-electron chi connectivity index (χ1n) is 26.9. The molecule has 15 aromatic rings. The molecule has 16 rings (SSSR count). The fourth-order valence-corrected chi connectivity index (χ4v) is 12.7. The van der Waals surface area contributed by atoms with Gasteiger partial charge in [-0.15, -0.1) is 0 Å². The molecule has 0 spiro atoms. The lowest BCUT2D eigenvalue weighted by atomic mass is 10.0. The summed E-state index contributed by atoms with van der Waals surface area (Å²) in [6.07, 6.45) is 6.53. The van der Waals surface area contributed by atoms with Crippen LogP contribution in [-0.4, -0.2) is 33.2 Å². The highest BCUT2D eigenvalue weighted by Crippen LogP contribution is 2.43. The largest absolute Gasteiger partial charge is 0.310 e. The van der Waals surface area contributed by atoms with Gasteiger partial charge >= 0.3 is 0 Å². The summed E-state index contributed by atoms with van der Waals surface area (Å²) in [6.45, 7) is 0. The second-order valence-electron chi connectivity index (χ2n) is 20.5. The molecular weight excluding hydrogens is 979 g/mol. The van der Waals surface area contributed by atoms with Crippen LogP contribution < -0.4 is 0 Å². The normalized spacial score (nSPS) is 12.3. The van der Waals surface area contributed by atoms with Crippen molar-refractivity contribution in [2.24, 2.45) is 0 Å². The quantitative estimate of drug-likeness (QED) is 0.158. The van der Waals surface area contributed by atoms with E-state index in [2.05, 4.69) is 200 Å². The molecule has 372 valence electrons. The molecule has 9 nitrogen and oxygen atoms in total. The van der Waals surface area contributed by atoms with E-state index in [0.29, 0.717) is 39.7 Å². The van der Waals surface area contributed by atoms with Gasteiger partial charge in [0.05, 0.1) is 73.3 Å². The van der Waals surface area contributed by atoms with Gasteiger partial charge in [0, 0.05) is 71.5 Å². The van der Waals surface area contributed by atoms with Crippen LogP contribution in [0.3, 0.4) is 0 Å². The summed E-state index contributed by atoms with van der Waals surface area (Å²) < 4.78 is 9.25. The molecule has 0 saturated carbocycles. The molecule has 0 radical (unpaired) electrons. The third-order valence-electron chi connectivity index (χ3n) is 16.2. The molecule has 0 aliphatic heterocycles. The maximum Gasteiger partial charge on any atom is 0.166 e. The van der Waals surface area contributed by atoms with E-state index in [0.717, 1.165) is 101 Å². The zero-order valence-corrected chi connectivity index (χ0v) is 43.0. The Balaban J connectivity index is 0.945. The third-order valence-corrected chi connectivity index (χ3v) is 16.2. The first-order valence-corrected chi connectivity index (χ1v) is 26.9. The number of aryl methyl sites for hydroxylation is 1. The van der Waals surface area contributed by atoms with Crippen LogP contribution in [0.15, 0.2) is 231 Å². The van der Waals surface area contributed by atoms with E-state index in [-0.39, 0.29) is 0 Å². The summed E-state index contributed by atoms with van der Waals surface area (Å²) in [5, 5.41) is 29.2. The van der Waals surface area contributed by atoms with Crippen LogP contribution in [0, 0.1) is 22.7 Å². The van der Waals surface area contributed by atoms with Crippen LogP contribution in [0.25, 0.3) is 139 Å². The van der Waals surface area contributed by atoms with Crippen LogP contribution in [-0.2, 0) is 6.42 Å². The maximum atomic E-state index is 10.7. The zero-order chi connectivity index (χ0) is 53.0. The second-order valence-corrected chi connectivity index (χ2v) is 20.5. The fraction of sp³-hybridized carbons (Fsp3) is 0.0282. The van der Waals surface area contributed by atoms with Crippen molar-refractivity contribution >= 4 is 82.4 Å². The van der Waals surface area contributed by atoms with Crippen LogP contribution >= 0.6 is 0 Å². The lowest BCUT2D eigenvalue weighted by molar-refractivity contribution is 0.968. The lowest BCUT2D eigenvalue weighted by Gasteiger charge is -2.17. The highest BCUT2D eigenvalue weighted by atomic mass is 15.1. The molecule has 0 N–H and O–H groups in total. The second kappa shape index (κ2) is 17.7. The fourth-order valence-electron chi connectivity index (χ4n) is 12.7. The smallest absolute Gasteiger partial charge is 0.166 e. The van der Waals surface area contributed by atoms with E-state index >= 15 is 0 Å². The average molecular weight is 1020 g/mol. The number of rotatable bonds is 7. The Morgan fingerprint density at radius 3 is 1.26 bits per heavy atom. The predicted molar refractivity (Wildman–Crippen MR) is 323 cm³/mol. The van der Waals surface area contributed by atoms with Crippen molar-refractivity contribution in [3.63, 3.8) is 0 Å². The molecule has 0 unspecified atom stereocenters. The summed E-state index contributed by atoms with van der Waals surface area (Å²) >= 11 is 0. The van der Waals surface area contributed by atoms with Gasteiger partial charge in [-0.3, -0.25) is 0 Å². The Morgan fingerprint density at radius 2 is 0.762 bits per heavy atom. The van der Waals surface area contributed by atoms with Crippen LogP contribution in [0.2, 0.25) is 0 Å². The van der Waals surface area contributed by atoms with Crippen molar-refractivity contribution in [1.82, 2.24) is 33.2 Å². The van der Waals surface area contributed by atoms with E-state index in [1.807, 2.05) is 66.7 Å². The van der Waals surface area contributed by atoms with E-state index in [9.17, 15) is 10.5 Å². The summed E-state index contributed by atoms with van der Waals surface area (Å²) in [6, 6.07) is 82.5. The number of allylic oxidation sites excluding steroid dienone is 1. The molecule has 0 bridgehead atoms. The third kappa shape index (κ3) is 6.78. The minimum absolute atomic E-state index is 0.426. The Kier molecular flexibility index (Phi) is 9.99. The molecular formula is C71H43N9. The Labute approximate surface area is 458 Å². The highest BCUT2D eigenvalue weighted by molar-refractivity contribution is 6.13. The Bertz CT molecular complexity index is 5170. The Morgan fingerprint density at radius 1 is 0.350 bits per heavy atom. The first-order chi connectivity index (χ1) is 39.6. The van der Waals surface area contributed by atoms with Gasteiger partial charge in [0.15, 0.2) is 17.5 Å². The van der Waals surface area contributed by atoms with E-state index in [4.69, 9.17) is 15.0 Å². The van der Waals surface area contributed by atoms with Crippen molar-refractivity contribution in [2.45, 2.75) is 12.8 Å². The number of hydrogen-bond acceptors (Lipinski definition) is 5. The standard InChI is InChI=1S/C71H43N9/c72-42-44-30-34-57(65(38-44)79-63-28-14-8-22-53(63)55-36-32-47(40-67(55)79)77-59-24-10-4-18-49(59)50-19-5-11-25-60(50)77)70-74-69(46-16-2-1-3-17-46)75-71(76-70)58-35-31-45(43-73)39-66(58)80-64-29-15-9-23-54(64)56-37-33-48(41-68(56)80)78-61-26-12-6-20-51(61)52-21-7-13-27-62(52)78/h1-6,8-20,22-41H,7,21H2. The first kappa shape index (κ1) is 45.1. The monoisotopic (exact) mass is 1020 g/mol. The van der Waals surface area contributed by atoms with Crippen molar-refractivity contribution in [1.29, 1.82) is 10.5 Å². The van der Waals surface area contributed by atoms with Crippen LogP contribution in [0.5, 0.6) is 0 Å². The number of para-hydroxylation sites is 5. The molecule has 9 heteroatoms. The molecule has 0 saturated heterocycles.